The molecule has 1 rings (SSSR count). The summed E-state index contributed by atoms with van der Waals surface area (Å²) in [7, 11) is 0. The smallest absolute Gasteiger partial charge is 0.236 e. The summed E-state index contributed by atoms with van der Waals surface area (Å²) in [6.45, 7) is 3.33. The van der Waals surface area contributed by atoms with Crippen LogP contribution in [0.2, 0.25) is 0 Å². The van der Waals surface area contributed by atoms with E-state index in [1.54, 1.807) is 5.01 Å². The maximum Gasteiger partial charge on any atom is 0.236 e. The van der Waals surface area contributed by atoms with Gasteiger partial charge >= 0.3 is 0 Å². The van der Waals surface area contributed by atoms with Gasteiger partial charge in [0.05, 0.1) is 19.1 Å². The fourth-order valence-electron chi connectivity index (χ4n) is 0.577. The number of morpholine rings is 1. The second kappa shape index (κ2) is 7.76. The van der Waals surface area contributed by atoms with Gasteiger partial charge in [-0.3, -0.25) is 10.6 Å². The van der Waals surface area contributed by atoms with E-state index in [9.17, 15) is 4.79 Å². The Bertz CT molecular complexity index is 129. The first-order valence-electron chi connectivity index (χ1n) is 3.48. The third-order valence-corrected chi connectivity index (χ3v) is 1.66. The van der Waals surface area contributed by atoms with Crippen LogP contribution in [0.5, 0.6) is 0 Å². The molecule has 4 nitrogen and oxygen atoms in total. The largest absolute Gasteiger partial charge is 0.379 e. The van der Waals surface area contributed by atoms with Gasteiger partial charge < -0.3 is 4.74 Å². The van der Waals surface area contributed by atoms with Gasteiger partial charge in [0.25, 0.3) is 0 Å². The summed E-state index contributed by atoms with van der Waals surface area (Å²) in [6.07, 6.45) is 0. The first-order valence-corrected chi connectivity index (χ1v) is 4.39. The van der Waals surface area contributed by atoms with E-state index in [2.05, 4.69) is 0 Å². The van der Waals surface area contributed by atoms with Crippen LogP contribution in [0.3, 0.4) is 0 Å². The molecule has 1 aliphatic heterocycles. The van der Waals surface area contributed by atoms with Gasteiger partial charge in [0.1, 0.15) is 0 Å². The van der Waals surface area contributed by atoms with Crippen LogP contribution in [-0.2, 0) is 9.53 Å². The molecule has 0 atom stereocenters. The molecular weight excluding hydrogens is 203 g/mol. The highest BCUT2D eigenvalue weighted by Crippen LogP contribution is 1.86. The number of nitrogens with zero attached hydrogens (tertiary/aromatic N) is 1. The van der Waals surface area contributed by atoms with Gasteiger partial charge in [0, 0.05) is 13.1 Å². The molecule has 12 heavy (non-hydrogen) atoms. The van der Waals surface area contributed by atoms with Crippen LogP contribution in [0.4, 0.5) is 0 Å². The highest BCUT2D eigenvalue weighted by molar-refractivity contribution is 6.67. The zero-order valence-corrected chi connectivity index (χ0v) is 8.14. The molecule has 0 aliphatic carbocycles. The maximum absolute atomic E-state index is 9.45. The van der Waals surface area contributed by atoms with E-state index in [1.807, 2.05) is 0 Å². The van der Waals surface area contributed by atoms with Crippen molar-refractivity contribution in [3.8, 4) is 0 Å². The van der Waals surface area contributed by atoms with Crippen LogP contribution >= 0.6 is 23.2 Å². The monoisotopic (exact) mass is 214 g/mol. The Morgan fingerprint density at radius 2 is 1.92 bits per heavy atom. The molecule has 0 bridgehead atoms. The minimum absolute atomic E-state index is 0.0957. The first-order chi connectivity index (χ1) is 5.66. The molecule has 0 unspecified atom stereocenters. The number of rotatable bonds is 1. The fraction of sp³-hybridized carbons (Fsp3) is 0.833. The normalized spacial score (nSPS) is 17.9. The lowest BCUT2D eigenvalue weighted by Crippen LogP contribution is -2.41. The topological polar surface area (TPSA) is 55.6 Å². The highest BCUT2D eigenvalue weighted by Gasteiger charge is 2.02. The van der Waals surface area contributed by atoms with E-state index in [1.165, 1.54) is 0 Å². The zero-order chi connectivity index (χ0) is 9.40. The Labute approximate surface area is 81.5 Å². The van der Waals surface area contributed by atoms with E-state index < -0.39 is 5.24 Å². The van der Waals surface area contributed by atoms with Crippen LogP contribution in [0.15, 0.2) is 0 Å². The number of nitrogens with two attached hydrogens (primary N) is 1. The molecule has 1 heterocycles. The molecule has 0 aromatic rings. The van der Waals surface area contributed by atoms with E-state index in [0.717, 1.165) is 26.3 Å². The van der Waals surface area contributed by atoms with Crippen LogP contribution < -0.4 is 5.84 Å². The molecule has 0 radical (unpaired) electrons. The number of hydrogen-bond donors (Lipinski definition) is 1. The molecular formula is C6H12Cl2N2O2. The van der Waals surface area contributed by atoms with Crippen molar-refractivity contribution in [2.24, 2.45) is 5.84 Å². The first kappa shape index (κ1) is 12.1. The predicted molar refractivity (Wildman–Crippen MR) is 48.2 cm³/mol. The summed E-state index contributed by atoms with van der Waals surface area (Å²) in [5, 5.41) is 1.26. The summed E-state index contributed by atoms with van der Waals surface area (Å²) in [6, 6.07) is 0. The summed E-state index contributed by atoms with van der Waals surface area (Å²) in [4.78, 5) is 9.45. The summed E-state index contributed by atoms with van der Waals surface area (Å²) < 4.78 is 5.02. The fourth-order valence-corrected chi connectivity index (χ4v) is 0.577. The van der Waals surface area contributed by atoms with Crippen molar-refractivity contribution in [2.75, 3.05) is 32.2 Å². The van der Waals surface area contributed by atoms with Crippen molar-refractivity contribution in [3.05, 3.63) is 0 Å². The third kappa shape index (κ3) is 8.23. The Balaban J connectivity index is 0.000000217. The van der Waals surface area contributed by atoms with Crippen LogP contribution in [0, 0.1) is 0 Å². The van der Waals surface area contributed by atoms with Crippen molar-refractivity contribution in [1.29, 1.82) is 0 Å². The Morgan fingerprint density at radius 1 is 1.50 bits per heavy atom. The molecule has 72 valence electrons. The molecule has 0 aromatic carbocycles. The van der Waals surface area contributed by atoms with Crippen LogP contribution in [0.25, 0.3) is 0 Å². The number of carbonyl (C=O) groups is 1. The number of halogens is 2. The van der Waals surface area contributed by atoms with Gasteiger partial charge in [-0.15, -0.1) is 11.6 Å². The van der Waals surface area contributed by atoms with Gasteiger partial charge in [-0.25, -0.2) is 5.01 Å². The second-order valence-corrected chi connectivity index (χ2v) is 2.83. The molecule has 1 aliphatic rings. The van der Waals surface area contributed by atoms with Gasteiger partial charge in [-0.2, -0.15) is 0 Å². The lowest BCUT2D eigenvalue weighted by atomic mass is 10.5. The molecule has 2 N–H and O–H groups in total. The van der Waals surface area contributed by atoms with Crippen LogP contribution in [-0.4, -0.2) is 42.4 Å². The van der Waals surface area contributed by atoms with Crippen molar-refractivity contribution in [1.82, 2.24) is 5.01 Å². The summed E-state index contributed by atoms with van der Waals surface area (Å²) >= 11 is 9.55. The quantitative estimate of drug-likeness (QED) is 0.385. The zero-order valence-electron chi connectivity index (χ0n) is 6.63. The number of ether oxygens (including phenoxy) is 1. The van der Waals surface area contributed by atoms with Crippen molar-refractivity contribution in [2.45, 2.75) is 0 Å². The van der Waals surface area contributed by atoms with E-state index >= 15 is 0 Å². The molecule has 0 spiro atoms. The lowest BCUT2D eigenvalue weighted by molar-refractivity contribution is -0.109. The standard InChI is InChI=1S/C4H10N2O.C2H2Cl2O/c5-6-1-3-7-4-2-6;3-1-2(4)5/h1-5H2;1H2. The minimum Gasteiger partial charge on any atom is -0.379 e. The Kier molecular flexibility index (Phi) is 7.85. The van der Waals surface area contributed by atoms with Crippen molar-refractivity contribution < 1.29 is 9.53 Å². The van der Waals surface area contributed by atoms with Crippen molar-refractivity contribution >= 4 is 28.4 Å². The average molecular weight is 215 g/mol. The van der Waals surface area contributed by atoms with Crippen molar-refractivity contribution in [3.63, 3.8) is 0 Å². The van der Waals surface area contributed by atoms with Gasteiger partial charge in [-0.1, -0.05) is 0 Å². The molecule has 1 fully saturated rings. The second-order valence-electron chi connectivity index (χ2n) is 2.14. The number of hydrogen-bond acceptors (Lipinski definition) is 4. The SMILES string of the molecule is NN1CCOCC1.O=C(Cl)CCl. The number of hydrazine groups is 1. The molecule has 0 saturated carbocycles. The molecule has 6 heteroatoms. The molecule has 0 aromatic heterocycles. The van der Waals surface area contributed by atoms with Gasteiger partial charge in [0.2, 0.25) is 5.24 Å². The molecule has 0 amide bonds. The number of alkyl halides is 1. The predicted octanol–water partition coefficient (Wildman–Crippen LogP) is 0.183. The average Bonchev–Trinajstić information content (AvgIpc) is 2.07. The summed E-state index contributed by atoms with van der Waals surface area (Å²) in [5.74, 6) is 5.29. The third-order valence-electron chi connectivity index (χ3n) is 1.15. The van der Waals surface area contributed by atoms with E-state index in [4.69, 9.17) is 33.8 Å². The van der Waals surface area contributed by atoms with Gasteiger partial charge in [0.15, 0.2) is 0 Å². The molecule has 1 saturated heterocycles. The Hall–Kier alpha value is 0.130. The number of carbonyl (C=O) groups excluding carboxylic acids is 1. The van der Waals surface area contributed by atoms with E-state index in [0.29, 0.717) is 0 Å². The highest BCUT2D eigenvalue weighted by atomic mass is 35.5. The Morgan fingerprint density at radius 3 is 2.08 bits per heavy atom. The van der Waals surface area contributed by atoms with Crippen LogP contribution in [0.1, 0.15) is 0 Å². The minimum atomic E-state index is -0.508. The summed E-state index contributed by atoms with van der Waals surface area (Å²) in [5.41, 5.74) is 0. The van der Waals surface area contributed by atoms with Gasteiger partial charge in [-0.05, 0) is 11.6 Å². The lowest BCUT2D eigenvalue weighted by Gasteiger charge is -2.20. The van der Waals surface area contributed by atoms with E-state index in [-0.39, 0.29) is 5.88 Å². The maximum atomic E-state index is 9.45.